The first-order chi connectivity index (χ1) is 10.8. The maximum absolute atomic E-state index is 4.92. The van der Waals surface area contributed by atoms with Crippen molar-refractivity contribution in [3.05, 3.63) is 29.2 Å². The molecule has 0 bridgehead atoms. The fraction of sp³-hybridized carbons (Fsp3) is 0.667. The van der Waals surface area contributed by atoms with Crippen molar-refractivity contribution < 1.29 is 0 Å². The van der Waals surface area contributed by atoms with Crippen molar-refractivity contribution in [1.29, 1.82) is 0 Å². The molecule has 2 aliphatic rings. The number of nitrogens with one attached hydrogen (secondary N) is 1. The van der Waals surface area contributed by atoms with E-state index >= 15 is 0 Å². The Labute approximate surface area is 132 Å². The molecule has 1 saturated carbocycles. The predicted octanol–water partition coefficient (Wildman–Crippen LogP) is 3.76. The molecule has 2 aromatic heterocycles. The molecule has 2 fully saturated rings. The lowest BCUT2D eigenvalue weighted by Gasteiger charge is -2.21. The molecule has 3 atom stereocenters. The lowest BCUT2D eigenvalue weighted by molar-refractivity contribution is 0.404. The summed E-state index contributed by atoms with van der Waals surface area (Å²) < 4.78 is 2.02. The molecule has 1 N–H and O–H groups in total. The summed E-state index contributed by atoms with van der Waals surface area (Å²) in [5, 5.41) is 8.39. The van der Waals surface area contributed by atoms with E-state index < -0.39 is 0 Å². The van der Waals surface area contributed by atoms with Crippen LogP contribution in [-0.4, -0.2) is 21.1 Å². The van der Waals surface area contributed by atoms with Crippen LogP contribution in [0.25, 0.3) is 5.65 Å². The van der Waals surface area contributed by atoms with Gasteiger partial charge < -0.3 is 5.32 Å². The van der Waals surface area contributed by atoms with Gasteiger partial charge in [0.25, 0.3) is 0 Å². The third kappa shape index (κ3) is 2.54. The van der Waals surface area contributed by atoms with E-state index in [0.717, 1.165) is 23.8 Å². The van der Waals surface area contributed by atoms with Crippen LogP contribution in [0.15, 0.2) is 12.1 Å². The summed E-state index contributed by atoms with van der Waals surface area (Å²) >= 11 is 0. The van der Waals surface area contributed by atoms with E-state index in [0.29, 0.717) is 12.0 Å². The Bertz CT molecular complexity index is 669. The second-order valence-corrected chi connectivity index (χ2v) is 7.06. The first kappa shape index (κ1) is 14.2. The standard InChI is InChI=1S/C18H26N4/c1-3-6-13-10-14(13)16-9-12(2)22-18(20-16)11-17(21-22)15-7-4-5-8-19-15/h9,11,13-15,19H,3-8,10H2,1-2H3/t13?,14?,15-/m0/s1. The molecule has 1 aliphatic carbocycles. The Hall–Kier alpha value is -1.42. The molecule has 118 valence electrons. The molecule has 4 heteroatoms. The molecule has 0 amide bonds. The number of hydrogen-bond donors (Lipinski definition) is 1. The highest BCUT2D eigenvalue weighted by Crippen LogP contribution is 2.49. The van der Waals surface area contributed by atoms with Gasteiger partial charge in [0.05, 0.1) is 11.7 Å². The van der Waals surface area contributed by atoms with Crippen LogP contribution >= 0.6 is 0 Å². The molecular weight excluding hydrogens is 272 g/mol. The van der Waals surface area contributed by atoms with Gasteiger partial charge in [0.15, 0.2) is 5.65 Å². The van der Waals surface area contributed by atoms with Gasteiger partial charge in [-0.3, -0.25) is 0 Å². The number of fused-ring (bicyclic) bond motifs is 1. The summed E-state index contributed by atoms with van der Waals surface area (Å²) in [7, 11) is 0. The molecule has 0 radical (unpaired) electrons. The van der Waals surface area contributed by atoms with E-state index in [2.05, 4.69) is 31.3 Å². The summed E-state index contributed by atoms with van der Waals surface area (Å²) in [5.41, 5.74) is 4.68. The fourth-order valence-electron chi connectivity index (χ4n) is 3.93. The van der Waals surface area contributed by atoms with Crippen molar-refractivity contribution in [3.63, 3.8) is 0 Å². The number of aromatic nitrogens is 3. The van der Waals surface area contributed by atoms with Gasteiger partial charge in [0.2, 0.25) is 0 Å². The van der Waals surface area contributed by atoms with Crippen molar-refractivity contribution in [2.75, 3.05) is 6.54 Å². The van der Waals surface area contributed by atoms with Crippen LogP contribution in [0.4, 0.5) is 0 Å². The zero-order valence-electron chi connectivity index (χ0n) is 13.7. The zero-order valence-corrected chi connectivity index (χ0v) is 13.7. The van der Waals surface area contributed by atoms with Crippen LogP contribution in [0.1, 0.15) is 74.5 Å². The Morgan fingerprint density at radius 2 is 2.18 bits per heavy atom. The Morgan fingerprint density at radius 3 is 2.95 bits per heavy atom. The summed E-state index contributed by atoms with van der Waals surface area (Å²) in [6, 6.07) is 4.85. The van der Waals surface area contributed by atoms with Gasteiger partial charge in [-0.15, -0.1) is 0 Å². The van der Waals surface area contributed by atoms with E-state index in [-0.39, 0.29) is 0 Å². The van der Waals surface area contributed by atoms with E-state index in [1.165, 1.54) is 49.9 Å². The molecule has 22 heavy (non-hydrogen) atoms. The van der Waals surface area contributed by atoms with Crippen LogP contribution < -0.4 is 5.32 Å². The number of aryl methyl sites for hydroxylation is 1. The van der Waals surface area contributed by atoms with E-state index in [1.807, 2.05) is 4.52 Å². The molecule has 2 unspecified atom stereocenters. The molecule has 4 nitrogen and oxygen atoms in total. The minimum Gasteiger partial charge on any atom is -0.309 e. The van der Waals surface area contributed by atoms with Crippen molar-refractivity contribution >= 4 is 5.65 Å². The molecule has 1 saturated heterocycles. The highest BCUT2D eigenvalue weighted by atomic mass is 15.3. The Kier molecular flexibility index (Phi) is 3.65. The lowest BCUT2D eigenvalue weighted by atomic mass is 10.0. The van der Waals surface area contributed by atoms with Gasteiger partial charge in [-0.2, -0.15) is 5.10 Å². The SMILES string of the molecule is CCCC1CC1c1cc(C)n2nc([C@@H]3CCCCN3)cc2n1. The third-order valence-corrected chi connectivity index (χ3v) is 5.27. The number of hydrogen-bond acceptors (Lipinski definition) is 3. The first-order valence-electron chi connectivity index (χ1n) is 8.87. The van der Waals surface area contributed by atoms with Crippen LogP contribution in [0.5, 0.6) is 0 Å². The predicted molar refractivity (Wildman–Crippen MR) is 88.1 cm³/mol. The van der Waals surface area contributed by atoms with Crippen LogP contribution in [-0.2, 0) is 0 Å². The molecule has 0 spiro atoms. The average molecular weight is 298 g/mol. The largest absolute Gasteiger partial charge is 0.309 e. The van der Waals surface area contributed by atoms with Crippen molar-refractivity contribution in [3.8, 4) is 0 Å². The summed E-state index contributed by atoms with van der Waals surface area (Å²) in [4.78, 5) is 4.92. The monoisotopic (exact) mass is 298 g/mol. The zero-order chi connectivity index (χ0) is 15.1. The van der Waals surface area contributed by atoms with Crippen molar-refractivity contribution in [2.45, 2.75) is 64.3 Å². The maximum atomic E-state index is 4.92. The van der Waals surface area contributed by atoms with Crippen LogP contribution in [0.2, 0.25) is 0 Å². The van der Waals surface area contributed by atoms with Crippen molar-refractivity contribution in [1.82, 2.24) is 19.9 Å². The summed E-state index contributed by atoms with van der Waals surface area (Å²) in [6.45, 7) is 5.54. The van der Waals surface area contributed by atoms with Crippen LogP contribution in [0, 0.1) is 12.8 Å². The van der Waals surface area contributed by atoms with Crippen molar-refractivity contribution in [2.24, 2.45) is 5.92 Å². The highest BCUT2D eigenvalue weighted by Gasteiger charge is 2.38. The molecule has 4 rings (SSSR count). The topological polar surface area (TPSA) is 42.2 Å². The fourth-order valence-corrected chi connectivity index (χ4v) is 3.93. The smallest absolute Gasteiger partial charge is 0.155 e. The maximum Gasteiger partial charge on any atom is 0.155 e. The summed E-state index contributed by atoms with van der Waals surface area (Å²) in [5.74, 6) is 1.55. The molecule has 0 aromatic carbocycles. The quantitative estimate of drug-likeness (QED) is 0.934. The number of piperidine rings is 1. The Balaban J connectivity index is 1.63. The minimum atomic E-state index is 0.409. The molecular formula is C18H26N4. The Morgan fingerprint density at radius 1 is 1.27 bits per heavy atom. The lowest BCUT2D eigenvalue weighted by Crippen LogP contribution is -2.27. The number of rotatable bonds is 4. The van der Waals surface area contributed by atoms with E-state index in [9.17, 15) is 0 Å². The molecule has 3 heterocycles. The molecule has 2 aromatic rings. The first-order valence-corrected chi connectivity index (χ1v) is 8.87. The highest BCUT2D eigenvalue weighted by molar-refractivity contribution is 5.43. The minimum absolute atomic E-state index is 0.409. The van der Waals surface area contributed by atoms with E-state index in [1.54, 1.807) is 0 Å². The normalized spacial score (nSPS) is 28.2. The summed E-state index contributed by atoms with van der Waals surface area (Å²) in [6.07, 6.45) is 7.72. The third-order valence-electron chi connectivity index (χ3n) is 5.27. The van der Waals surface area contributed by atoms with E-state index in [4.69, 9.17) is 10.1 Å². The molecule has 1 aliphatic heterocycles. The van der Waals surface area contributed by atoms with Gasteiger partial charge in [0.1, 0.15) is 0 Å². The van der Waals surface area contributed by atoms with Gasteiger partial charge in [-0.1, -0.05) is 26.2 Å². The average Bonchev–Trinajstić information content (AvgIpc) is 3.16. The van der Waals surface area contributed by atoms with Gasteiger partial charge >= 0.3 is 0 Å². The van der Waals surface area contributed by atoms with Gasteiger partial charge in [-0.05, 0) is 44.7 Å². The second-order valence-electron chi connectivity index (χ2n) is 7.06. The van der Waals surface area contributed by atoms with Crippen LogP contribution in [0.3, 0.4) is 0 Å². The number of nitrogens with zero attached hydrogens (tertiary/aromatic N) is 3. The second kappa shape index (κ2) is 5.65. The van der Waals surface area contributed by atoms with Gasteiger partial charge in [0, 0.05) is 23.4 Å². The van der Waals surface area contributed by atoms with Gasteiger partial charge in [-0.25, -0.2) is 9.50 Å².